The summed E-state index contributed by atoms with van der Waals surface area (Å²) >= 11 is 0. The summed E-state index contributed by atoms with van der Waals surface area (Å²) < 4.78 is 2.13. The van der Waals surface area contributed by atoms with Crippen molar-refractivity contribution < 1.29 is 0 Å². The van der Waals surface area contributed by atoms with E-state index < -0.39 is 0 Å². The van der Waals surface area contributed by atoms with E-state index in [1.54, 1.807) is 0 Å². The van der Waals surface area contributed by atoms with E-state index in [2.05, 4.69) is 148 Å². The van der Waals surface area contributed by atoms with Crippen LogP contribution in [0.3, 0.4) is 0 Å². The van der Waals surface area contributed by atoms with Gasteiger partial charge in [0.25, 0.3) is 0 Å². The van der Waals surface area contributed by atoms with Crippen molar-refractivity contribution in [1.29, 1.82) is 0 Å². The van der Waals surface area contributed by atoms with Gasteiger partial charge in [-0.3, -0.25) is 9.88 Å². The molecule has 216 valence electrons. The summed E-state index contributed by atoms with van der Waals surface area (Å²) in [7, 11) is 1.91. The maximum atomic E-state index is 5.08. The second-order valence-corrected chi connectivity index (χ2v) is 11.3. The Hall–Kier alpha value is -5.78. The summed E-state index contributed by atoms with van der Waals surface area (Å²) in [5, 5.41) is 8.10. The average molecular weight is 582 g/mol. The molecule has 0 bridgehead atoms. The van der Waals surface area contributed by atoms with Gasteiger partial charge in [0.2, 0.25) is 5.96 Å². The quantitative estimate of drug-likeness (QED) is 0.154. The third kappa shape index (κ3) is 4.53. The van der Waals surface area contributed by atoms with E-state index in [0.29, 0.717) is 5.96 Å². The molecule has 6 aromatic carbocycles. The Morgan fingerprint density at radius 3 is 1.98 bits per heavy atom. The fourth-order valence-electron chi connectivity index (χ4n) is 6.59. The lowest BCUT2D eigenvalue weighted by Crippen LogP contribution is -2.18. The predicted octanol–water partition coefficient (Wildman–Crippen LogP) is 9.59. The molecule has 0 aliphatic heterocycles. The topological polar surface area (TPSA) is 57.5 Å². The average Bonchev–Trinajstić information content (AvgIpc) is 3.64. The molecule has 8 aromatic rings. The zero-order chi connectivity index (χ0) is 30.3. The number of aromatic amines is 1. The molecular weight excluding hydrogens is 550 g/mol. The number of nitrogens with zero attached hydrogens (tertiary/aromatic N) is 3. The van der Waals surface area contributed by atoms with Crippen LogP contribution in [0.15, 0.2) is 150 Å². The lowest BCUT2D eigenvalue weighted by Gasteiger charge is -2.15. The first kappa shape index (κ1) is 26.8. The van der Waals surface area contributed by atoms with Crippen molar-refractivity contribution in [2.24, 2.45) is 9.98 Å². The molecule has 0 saturated carbocycles. The molecule has 2 N–H and O–H groups in total. The molecule has 0 aliphatic carbocycles. The van der Waals surface area contributed by atoms with Gasteiger partial charge < -0.3 is 4.98 Å². The lowest BCUT2D eigenvalue weighted by atomic mass is 9.93. The molecule has 1 atom stereocenters. The fourth-order valence-corrected chi connectivity index (χ4v) is 6.59. The smallest absolute Gasteiger partial charge is 0.231 e. The van der Waals surface area contributed by atoms with E-state index in [9.17, 15) is 0 Å². The number of H-pyrrole nitrogens is 1. The minimum absolute atomic E-state index is 0.272. The Morgan fingerprint density at radius 1 is 0.622 bits per heavy atom. The van der Waals surface area contributed by atoms with E-state index in [1.807, 2.05) is 25.2 Å². The van der Waals surface area contributed by atoms with Crippen LogP contribution in [0.1, 0.15) is 11.7 Å². The maximum absolute atomic E-state index is 5.08. The summed E-state index contributed by atoms with van der Waals surface area (Å²) in [6.45, 7) is 3.95. The van der Waals surface area contributed by atoms with Crippen molar-refractivity contribution in [2.45, 2.75) is 6.17 Å². The first-order chi connectivity index (χ1) is 22.2. The fraction of sp³-hybridized carbons (Fsp3) is 0.0500. The van der Waals surface area contributed by atoms with Gasteiger partial charge in [-0.15, -0.1) is 0 Å². The normalized spacial score (nSPS) is 12.8. The van der Waals surface area contributed by atoms with Crippen LogP contribution in [0.25, 0.3) is 65.9 Å². The van der Waals surface area contributed by atoms with Crippen molar-refractivity contribution in [3.63, 3.8) is 0 Å². The van der Waals surface area contributed by atoms with Gasteiger partial charge in [0.15, 0.2) is 0 Å². The molecule has 0 radical (unpaired) electrons. The van der Waals surface area contributed by atoms with Crippen LogP contribution in [0.5, 0.6) is 0 Å². The molecule has 45 heavy (non-hydrogen) atoms. The molecule has 0 fully saturated rings. The molecule has 2 aromatic heterocycles. The highest BCUT2D eigenvalue weighted by Gasteiger charge is 2.18. The minimum atomic E-state index is -0.272. The van der Waals surface area contributed by atoms with E-state index in [1.165, 1.54) is 21.9 Å². The van der Waals surface area contributed by atoms with Crippen LogP contribution in [-0.2, 0) is 0 Å². The number of benzene rings is 6. The Labute approximate surface area is 261 Å². The van der Waals surface area contributed by atoms with Crippen LogP contribution in [0.2, 0.25) is 0 Å². The minimum Gasteiger partial charge on any atom is -0.354 e. The largest absolute Gasteiger partial charge is 0.354 e. The molecular formula is C40H31N5. The predicted molar refractivity (Wildman–Crippen MR) is 190 cm³/mol. The van der Waals surface area contributed by atoms with Gasteiger partial charge in [-0.25, -0.2) is 9.98 Å². The number of para-hydroxylation sites is 2. The second-order valence-electron chi connectivity index (χ2n) is 11.3. The van der Waals surface area contributed by atoms with Gasteiger partial charge >= 0.3 is 0 Å². The van der Waals surface area contributed by atoms with Crippen molar-refractivity contribution in [1.82, 2.24) is 14.9 Å². The molecule has 0 amide bonds. The number of aromatic nitrogens is 2. The van der Waals surface area contributed by atoms with Crippen LogP contribution >= 0.6 is 0 Å². The highest BCUT2D eigenvalue weighted by Crippen LogP contribution is 2.38. The zero-order valence-corrected chi connectivity index (χ0v) is 24.9. The van der Waals surface area contributed by atoms with Gasteiger partial charge in [-0.05, 0) is 65.8 Å². The lowest BCUT2D eigenvalue weighted by molar-refractivity contribution is 0.622. The second kappa shape index (κ2) is 11.1. The van der Waals surface area contributed by atoms with Gasteiger partial charge in [0, 0.05) is 32.6 Å². The number of hydrogen-bond donors (Lipinski definition) is 2. The molecule has 0 saturated heterocycles. The highest BCUT2D eigenvalue weighted by atomic mass is 15.2. The summed E-state index contributed by atoms with van der Waals surface area (Å²) in [6.07, 6.45) is -0.272. The number of fused-ring (bicyclic) bond motifs is 6. The third-order valence-corrected chi connectivity index (χ3v) is 8.70. The Balaban J connectivity index is 1.31. The number of nitrogens with one attached hydrogen (secondary N) is 2. The van der Waals surface area contributed by atoms with Crippen molar-refractivity contribution in [3.05, 3.63) is 145 Å². The van der Waals surface area contributed by atoms with E-state index in [-0.39, 0.29) is 6.17 Å². The summed E-state index contributed by atoms with van der Waals surface area (Å²) in [6, 6.07) is 49.1. The summed E-state index contributed by atoms with van der Waals surface area (Å²) in [4.78, 5) is 13.2. The van der Waals surface area contributed by atoms with Crippen LogP contribution in [0.4, 0.5) is 0 Å². The van der Waals surface area contributed by atoms with Crippen LogP contribution in [0, 0.1) is 0 Å². The summed E-state index contributed by atoms with van der Waals surface area (Å²) in [5.74, 6) is 0.541. The zero-order valence-electron chi connectivity index (χ0n) is 24.9. The number of hydrogen-bond acceptors (Lipinski definition) is 2. The van der Waals surface area contributed by atoms with Crippen LogP contribution < -0.4 is 5.32 Å². The van der Waals surface area contributed by atoms with E-state index in [0.717, 1.165) is 49.5 Å². The Bertz CT molecular complexity index is 2390. The van der Waals surface area contributed by atoms with Gasteiger partial charge in [0.05, 0.1) is 11.0 Å². The van der Waals surface area contributed by atoms with Crippen LogP contribution in [-0.4, -0.2) is 29.3 Å². The molecule has 1 unspecified atom stereocenters. The Kier molecular flexibility index (Phi) is 6.59. The molecule has 5 nitrogen and oxygen atoms in total. The standard InChI is InChI=1S/C40H31N5/c1-41-39(26-12-4-3-5-13-26)44-40(42-2)45-37-19-11-9-17-33(37)34-23-21-28(25-38(34)45)30-15-7-6-14-29(30)27-20-22-32-31-16-8-10-18-35(31)43-36(32)24-27/h3-25,39,41,43H,2H2,1H3. The highest BCUT2D eigenvalue weighted by molar-refractivity contribution is 6.15. The number of rotatable bonds is 5. The third-order valence-electron chi connectivity index (χ3n) is 8.70. The van der Waals surface area contributed by atoms with Gasteiger partial charge in [0.1, 0.15) is 6.17 Å². The van der Waals surface area contributed by atoms with Gasteiger partial charge in [-0.2, -0.15) is 0 Å². The van der Waals surface area contributed by atoms with E-state index >= 15 is 0 Å². The molecule has 0 aliphatic rings. The number of aliphatic imine (C=N–C) groups is 2. The van der Waals surface area contributed by atoms with E-state index in [4.69, 9.17) is 4.99 Å². The van der Waals surface area contributed by atoms with Crippen molar-refractivity contribution >= 4 is 56.3 Å². The monoisotopic (exact) mass is 581 g/mol. The maximum Gasteiger partial charge on any atom is 0.231 e. The summed E-state index contributed by atoms with van der Waals surface area (Å²) in [5.41, 5.74) is 10.0. The molecule has 5 heteroatoms. The molecule has 2 heterocycles. The first-order valence-electron chi connectivity index (χ1n) is 15.1. The first-order valence-corrected chi connectivity index (χ1v) is 15.1. The van der Waals surface area contributed by atoms with Crippen molar-refractivity contribution in [3.8, 4) is 22.3 Å². The molecule has 0 spiro atoms. The van der Waals surface area contributed by atoms with Crippen molar-refractivity contribution in [2.75, 3.05) is 7.05 Å². The SMILES string of the molecule is C=NC(=NC(NC)c1ccccc1)n1c2ccccc2c2ccc(-c3ccccc3-c3ccc4c(c3)[nH]c3ccccc34)cc21. The molecule has 8 rings (SSSR count). The Morgan fingerprint density at radius 2 is 1.22 bits per heavy atom. The van der Waals surface area contributed by atoms with Gasteiger partial charge in [-0.1, -0.05) is 115 Å².